The van der Waals surface area contributed by atoms with Gasteiger partial charge in [0.05, 0.1) is 6.61 Å². The molecule has 1 aliphatic rings. The third-order valence-electron chi connectivity index (χ3n) is 3.32. The van der Waals surface area contributed by atoms with E-state index in [0.29, 0.717) is 12.6 Å². The van der Waals surface area contributed by atoms with Crippen molar-refractivity contribution in [3.8, 4) is 0 Å². The Morgan fingerprint density at radius 3 is 3.00 bits per heavy atom. The number of hydrogen-bond acceptors (Lipinski definition) is 4. The number of nitrogens with two attached hydrogens (primary N) is 1. The molecule has 0 aromatic carbocycles. The molecule has 3 nitrogen and oxygen atoms in total. The highest BCUT2D eigenvalue weighted by Gasteiger charge is 2.21. The molecule has 1 unspecified atom stereocenters. The Labute approximate surface area is 108 Å². The smallest absolute Gasteiger partial charge is 0.0593 e. The standard InChI is InChI=1S/C13H22N2OS/c1-15(5-6-16-9-11-2-3-11)13(8-14)12-4-7-17-10-12/h4,7,10-11,13H,2-3,5-6,8-9,14H2,1H3. The lowest BCUT2D eigenvalue weighted by Crippen LogP contribution is -2.32. The summed E-state index contributed by atoms with van der Waals surface area (Å²) in [5.41, 5.74) is 7.17. The second-order valence-corrected chi connectivity index (χ2v) is 5.59. The molecule has 2 rings (SSSR count). The number of nitrogens with zero attached hydrogens (tertiary/aromatic N) is 1. The predicted octanol–water partition coefficient (Wildman–Crippen LogP) is 2.11. The average Bonchev–Trinajstić information content (AvgIpc) is 3.00. The number of thiophene rings is 1. The summed E-state index contributed by atoms with van der Waals surface area (Å²) in [6.45, 7) is 3.37. The summed E-state index contributed by atoms with van der Waals surface area (Å²) in [7, 11) is 2.12. The lowest BCUT2D eigenvalue weighted by molar-refractivity contribution is 0.0923. The van der Waals surface area contributed by atoms with E-state index in [9.17, 15) is 0 Å². The summed E-state index contributed by atoms with van der Waals surface area (Å²) in [5, 5.41) is 4.29. The molecule has 1 heterocycles. The van der Waals surface area contributed by atoms with Crippen molar-refractivity contribution in [1.82, 2.24) is 4.90 Å². The molecule has 0 aliphatic heterocycles. The first-order valence-electron chi connectivity index (χ1n) is 6.31. The van der Waals surface area contributed by atoms with Crippen LogP contribution in [-0.2, 0) is 4.74 Å². The fourth-order valence-electron chi connectivity index (χ4n) is 1.93. The predicted molar refractivity (Wildman–Crippen MR) is 72.3 cm³/mol. The first-order valence-corrected chi connectivity index (χ1v) is 7.25. The van der Waals surface area contributed by atoms with Crippen LogP contribution >= 0.6 is 11.3 Å². The molecule has 4 heteroatoms. The molecule has 1 aliphatic carbocycles. The SMILES string of the molecule is CN(CCOCC1CC1)C(CN)c1ccsc1. The monoisotopic (exact) mass is 254 g/mol. The third-order valence-corrected chi connectivity index (χ3v) is 4.02. The van der Waals surface area contributed by atoms with Crippen LogP contribution in [0, 0.1) is 5.92 Å². The van der Waals surface area contributed by atoms with Gasteiger partial charge in [0.2, 0.25) is 0 Å². The molecule has 96 valence electrons. The minimum Gasteiger partial charge on any atom is -0.380 e. The summed E-state index contributed by atoms with van der Waals surface area (Å²) < 4.78 is 5.66. The van der Waals surface area contributed by atoms with Gasteiger partial charge < -0.3 is 10.5 Å². The van der Waals surface area contributed by atoms with Crippen LogP contribution in [0.3, 0.4) is 0 Å². The van der Waals surface area contributed by atoms with Crippen molar-refractivity contribution < 1.29 is 4.74 Å². The van der Waals surface area contributed by atoms with Crippen LogP contribution in [0.5, 0.6) is 0 Å². The molecule has 1 atom stereocenters. The van der Waals surface area contributed by atoms with Crippen LogP contribution in [-0.4, -0.2) is 38.3 Å². The first kappa shape index (κ1) is 13.0. The van der Waals surface area contributed by atoms with E-state index in [1.54, 1.807) is 11.3 Å². The molecule has 0 spiro atoms. The number of hydrogen-bond donors (Lipinski definition) is 1. The molecule has 0 radical (unpaired) electrons. The summed E-state index contributed by atoms with van der Waals surface area (Å²) in [5.74, 6) is 0.850. The maximum absolute atomic E-state index is 5.85. The van der Waals surface area contributed by atoms with Gasteiger partial charge in [-0.25, -0.2) is 0 Å². The highest BCUT2D eigenvalue weighted by Crippen LogP contribution is 2.28. The lowest BCUT2D eigenvalue weighted by Gasteiger charge is -2.26. The number of rotatable bonds is 8. The largest absolute Gasteiger partial charge is 0.380 e. The Kier molecular flexibility index (Phi) is 4.98. The Morgan fingerprint density at radius 1 is 1.59 bits per heavy atom. The molecule has 1 fully saturated rings. The van der Waals surface area contributed by atoms with Gasteiger partial charge in [-0.2, -0.15) is 11.3 Å². The molecule has 1 saturated carbocycles. The van der Waals surface area contributed by atoms with E-state index in [4.69, 9.17) is 10.5 Å². The Bertz CT molecular complexity index is 311. The van der Waals surface area contributed by atoms with Crippen molar-refractivity contribution in [2.45, 2.75) is 18.9 Å². The van der Waals surface area contributed by atoms with E-state index in [-0.39, 0.29) is 0 Å². The number of ether oxygens (including phenoxy) is 1. The Hall–Kier alpha value is -0.420. The lowest BCUT2D eigenvalue weighted by atomic mass is 10.1. The van der Waals surface area contributed by atoms with Crippen molar-refractivity contribution >= 4 is 11.3 Å². The maximum atomic E-state index is 5.85. The van der Waals surface area contributed by atoms with Crippen LogP contribution in [0.15, 0.2) is 16.8 Å². The molecular weight excluding hydrogens is 232 g/mol. The molecule has 1 aromatic heterocycles. The van der Waals surface area contributed by atoms with Crippen molar-refractivity contribution in [2.75, 3.05) is 33.4 Å². The van der Waals surface area contributed by atoms with Crippen LogP contribution in [0.1, 0.15) is 24.4 Å². The second kappa shape index (κ2) is 6.50. The van der Waals surface area contributed by atoms with E-state index in [1.165, 1.54) is 18.4 Å². The topological polar surface area (TPSA) is 38.5 Å². The third kappa shape index (κ3) is 4.07. The van der Waals surface area contributed by atoms with Crippen molar-refractivity contribution in [3.63, 3.8) is 0 Å². The van der Waals surface area contributed by atoms with Crippen LogP contribution in [0.4, 0.5) is 0 Å². The first-order chi connectivity index (χ1) is 8.31. The highest BCUT2D eigenvalue weighted by molar-refractivity contribution is 7.07. The minimum atomic E-state index is 0.325. The summed E-state index contributed by atoms with van der Waals surface area (Å²) in [6.07, 6.45) is 2.71. The van der Waals surface area contributed by atoms with Gasteiger partial charge in [-0.3, -0.25) is 4.90 Å². The average molecular weight is 254 g/mol. The number of likely N-dealkylation sites (N-methyl/N-ethyl adjacent to an activating group) is 1. The van der Waals surface area contributed by atoms with Gasteiger partial charge in [0, 0.05) is 25.7 Å². The molecular formula is C13H22N2OS. The van der Waals surface area contributed by atoms with E-state index in [2.05, 4.69) is 28.8 Å². The van der Waals surface area contributed by atoms with Crippen LogP contribution < -0.4 is 5.73 Å². The summed E-state index contributed by atoms with van der Waals surface area (Å²) in [4.78, 5) is 2.29. The van der Waals surface area contributed by atoms with Gasteiger partial charge in [0.15, 0.2) is 0 Å². The van der Waals surface area contributed by atoms with Crippen molar-refractivity contribution in [1.29, 1.82) is 0 Å². The van der Waals surface area contributed by atoms with Crippen LogP contribution in [0.25, 0.3) is 0 Å². The highest BCUT2D eigenvalue weighted by atomic mass is 32.1. The van der Waals surface area contributed by atoms with E-state index in [1.807, 2.05) is 0 Å². The Balaban J connectivity index is 1.70. The van der Waals surface area contributed by atoms with Gasteiger partial charge >= 0.3 is 0 Å². The molecule has 1 aromatic rings. The zero-order valence-corrected chi connectivity index (χ0v) is 11.3. The van der Waals surface area contributed by atoms with Crippen molar-refractivity contribution in [3.05, 3.63) is 22.4 Å². The molecule has 0 saturated heterocycles. The fraction of sp³-hybridized carbons (Fsp3) is 0.692. The molecule has 0 amide bonds. The quantitative estimate of drug-likeness (QED) is 0.722. The van der Waals surface area contributed by atoms with E-state index < -0.39 is 0 Å². The van der Waals surface area contributed by atoms with E-state index in [0.717, 1.165) is 25.7 Å². The molecule has 0 bridgehead atoms. The van der Waals surface area contributed by atoms with E-state index >= 15 is 0 Å². The van der Waals surface area contributed by atoms with Gasteiger partial charge in [-0.05, 0) is 48.2 Å². The van der Waals surface area contributed by atoms with Gasteiger partial charge in [-0.1, -0.05) is 0 Å². The maximum Gasteiger partial charge on any atom is 0.0593 e. The molecule has 2 N–H and O–H groups in total. The van der Waals surface area contributed by atoms with Gasteiger partial charge in [0.25, 0.3) is 0 Å². The Morgan fingerprint density at radius 2 is 2.41 bits per heavy atom. The van der Waals surface area contributed by atoms with Gasteiger partial charge in [-0.15, -0.1) is 0 Å². The van der Waals surface area contributed by atoms with Crippen molar-refractivity contribution in [2.24, 2.45) is 11.7 Å². The fourth-order valence-corrected chi connectivity index (χ4v) is 2.64. The molecule has 17 heavy (non-hydrogen) atoms. The zero-order valence-electron chi connectivity index (χ0n) is 10.5. The summed E-state index contributed by atoms with van der Waals surface area (Å²) >= 11 is 1.73. The van der Waals surface area contributed by atoms with Crippen LogP contribution in [0.2, 0.25) is 0 Å². The second-order valence-electron chi connectivity index (χ2n) is 4.81. The minimum absolute atomic E-state index is 0.325. The summed E-state index contributed by atoms with van der Waals surface area (Å²) in [6, 6.07) is 2.48. The normalized spacial score (nSPS) is 17.6. The zero-order chi connectivity index (χ0) is 12.1. The van der Waals surface area contributed by atoms with Gasteiger partial charge in [0.1, 0.15) is 0 Å².